The summed E-state index contributed by atoms with van der Waals surface area (Å²) in [6.45, 7) is 2.78. The summed E-state index contributed by atoms with van der Waals surface area (Å²) in [5.74, 6) is 1.07. The molecule has 2 N–H and O–H groups in total. The van der Waals surface area contributed by atoms with Crippen LogP contribution in [0, 0.1) is 0 Å². The van der Waals surface area contributed by atoms with Gasteiger partial charge in [-0.2, -0.15) is 0 Å². The molecular formula is C21H22N2O5S. The lowest BCUT2D eigenvalue weighted by Crippen LogP contribution is -2.26. The maximum atomic E-state index is 12.7. The summed E-state index contributed by atoms with van der Waals surface area (Å²) in [6.07, 6.45) is 2.12. The fourth-order valence-corrected chi connectivity index (χ4v) is 3.76. The first-order chi connectivity index (χ1) is 14.0. The minimum atomic E-state index is -3.84. The first-order valence-corrected chi connectivity index (χ1v) is 10.6. The molecule has 0 saturated heterocycles. The van der Waals surface area contributed by atoms with E-state index in [-0.39, 0.29) is 16.4 Å². The van der Waals surface area contributed by atoms with Crippen molar-refractivity contribution in [3.8, 4) is 5.75 Å². The Hall–Kier alpha value is -3.26. The fourth-order valence-electron chi connectivity index (χ4n) is 2.66. The van der Waals surface area contributed by atoms with Crippen molar-refractivity contribution in [3.05, 3.63) is 78.3 Å². The summed E-state index contributed by atoms with van der Waals surface area (Å²) in [7, 11) is -3.84. The highest BCUT2D eigenvalue weighted by molar-refractivity contribution is 7.92. The van der Waals surface area contributed by atoms with Crippen molar-refractivity contribution < 1.29 is 22.4 Å². The number of amides is 1. The molecule has 8 heteroatoms. The van der Waals surface area contributed by atoms with E-state index in [2.05, 4.69) is 10.0 Å². The fraction of sp³-hybridized carbons (Fsp3) is 0.190. The van der Waals surface area contributed by atoms with E-state index in [1.165, 1.54) is 18.2 Å². The summed E-state index contributed by atoms with van der Waals surface area (Å²) in [5.41, 5.74) is 0.667. The van der Waals surface area contributed by atoms with Crippen LogP contribution in [0.5, 0.6) is 5.75 Å². The first-order valence-electron chi connectivity index (χ1n) is 9.14. The highest BCUT2D eigenvalue weighted by atomic mass is 32.2. The van der Waals surface area contributed by atoms with Crippen LogP contribution in [-0.4, -0.2) is 27.5 Å². The molecule has 152 valence electrons. The van der Waals surface area contributed by atoms with Gasteiger partial charge in [0.15, 0.2) is 0 Å². The number of ether oxygens (including phenoxy) is 1. The van der Waals surface area contributed by atoms with Gasteiger partial charge in [0.25, 0.3) is 15.9 Å². The average Bonchev–Trinajstić information content (AvgIpc) is 3.23. The lowest BCUT2D eigenvalue weighted by atomic mass is 10.2. The van der Waals surface area contributed by atoms with Gasteiger partial charge >= 0.3 is 0 Å². The van der Waals surface area contributed by atoms with Crippen LogP contribution < -0.4 is 14.8 Å². The minimum absolute atomic E-state index is 0.00469. The topological polar surface area (TPSA) is 97.6 Å². The molecule has 1 amide bonds. The molecular weight excluding hydrogens is 392 g/mol. The van der Waals surface area contributed by atoms with E-state index in [1.54, 1.807) is 42.7 Å². The predicted molar refractivity (Wildman–Crippen MR) is 110 cm³/mol. The summed E-state index contributed by atoms with van der Waals surface area (Å²) in [6, 6.07) is 16.1. The zero-order chi connectivity index (χ0) is 20.7. The lowest BCUT2D eigenvalue weighted by Gasteiger charge is -2.10. The second kappa shape index (κ2) is 9.29. The largest absolute Gasteiger partial charge is 0.494 e. The average molecular weight is 414 g/mol. The van der Waals surface area contributed by atoms with Crippen LogP contribution in [0.4, 0.5) is 5.69 Å². The second-order valence-corrected chi connectivity index (χ2v) is 7.86. The van der Waals surface area contributed by atoms with Crippen LogP contribution in [0.2, 0.25) is 0 Å². The Morgan fingerprint density at radius 1 is 1.07 bits per heavy atom. The van der Waals surface area contributed by atoms with Gasteiger partial charge in [0.2, 0.25) is 0 Å². The SMILES string of the molecule is CCOc1ccc(NS(=O)(=O)c2cccc(C(=O)NCCc3ccco3)c2)cc1. The molecule has 0 aliphatic heterocycles. The first kappa shape index (κ1) is 20.5. The molecule has 7 nitrogen and oxygen atoms in total. The van der Waals surface area contributed by atoms with Gasteiger partial charge in [-0.1, -0.05) is 6.07 Å². The Kier molecular flexibility index (Phi) is 6.56. The second-order valence-electron chi connectivity index (χ2n) is 6.18. The van der Waals surface area contributed by atoms with Crippen molar-refractivity contribution in [2.24, 2.45) is 0 Å². The zero-order valence-electron chi connectivity index (χ0n) is 15.9. The molecule has 0 unspecified atom stereocenters. The third-order valence-electron chi connectivity index (χ3n) is 4.06. The van der Waals surface area contributed by atoms with Crippen LogP contribution >= 0.6 is 0 Å². The van der Waals surface area contributed by atoms with Gasteiger partial charge in [-0.05, 0) is 61.5 Å². The highest BCUT2D eigenvalue weighted by Gasteiger charge is 2.16. The van der Waals surface area contributed by atoms with Gasteiger partial charge in [0, 0.05) is 24.2 Å². The van der Waals surface area contributed by atoms with Gasteiger partial charge in [-0.15, -0.1) is 0 Å². The Balaban J connectivity index is 1.65. The monoisotopic (exact) mass is 414 g/mol. The Labute approximate surface area is 169 Å². The lowest BCUT2D eigenvalue weighted by molar-refractivity contribution is 0.0953. The van der Waals surface area contributed by atoms with Crippen LogP contribution in [0.25, 0.3) is 0 Å². The van der Waals surface area contributed by atoms with E-state index in [4.69, 9.17) is 9.15 Å². The summed E-state index contributed by atoms with van der Waals surface area (Å²) in [5, 5.41) is 2.76. The van der Waals surface area contributed by atoms with Crippen molar-refractivity contribution in [3.63, 3.8) is 0 Å². The molecule has 3 aromatic rings. The molecule has 0 aliphatic rings. The zero-order valence-corrected chi connectivity index (χ0v) is 16.7. The van der Waals surface area contributed by atoms with Gasteiger partial charge in [0.05, 0.1) is 17.8 Å². The van der Waals surface area contributed by atoms with Crippen LogP contribution in [0.3, 0.4) is 0 Å². The molecule has 1 aromatic heterocycles. The van der Waals surface area contributed by atoms with Crippen molar-refractivity contribution in [1.29, 1.82) is 0 Å². The molecule has 2 aromatic carbocycles. The van der Waals surface area contributed by atoms with E-state index < -0.39 is 10.0 Å². The molecule has 29 heavy (non-hydrogen) atoms. The van der Waals surface area contributed by atoms with Gasteiger partial charge in [-0.25, -0.2) is 8.42 Å². The number of benzene rings is 2. The molecule has 3 rings (SSSR count). The molecule has 0 bridgehead atoms. The van der Waals surface area contributed by atoms with Crippen LogP contribution in [0.15, 0.2) is 76.2 Å². The van der Waals surface area contributed by atoms with Gasteiger partial charge in [-0.3, -0.25) is 9.52 Å². The number of furan rings is 1. The Bertz CT molecular complexity index is 1040. The highest BCUT2D eigenvalue weighted by Crippen LogP contribution is 2.20. The van der Waals surface area contributed by atoms with Crippen molar-refractivity contribution in [1.82, 2.24) is 5.32 Å². The molecule has 0 spiro atoms. The number of hydrogen-bond donors (Lipinski definition) is 2. The number of carbonyl (C=O) groups is 1. The third-order valence-corrected chi connectivity index (χ3v) is 5.44. The van der Waals surface area contributed by atoms with Crippen LogP contribution in [0.1, 0.15) is 23.0 Å². The molecule has 0 atom stereocenters. The maximum absolute atomic E-state index is 12.7. The van der Waals surface area contributed by atoms with Crippen molar-refractivity contribution in [2.45, 2.75) is 18.2 Å². The molecule has 0 saturated carbocycles. The Morgan fingerprint density at radius 2 is 1.86 bits per heavy atom. The number of carbonyl (C=O) groups excluding carboxylic acids is 1. The van der Waals surface area contributed by atoms with E-state index in [9.17, 15) is 13.2 Å². The number of rotatable bonds is 9. The quantitative estimate of drug-likeness (QED) is 0.559. The van der Waals surface area contributed by atoms with E-state index in [0.29, 0.717) is 31.0 Å². The van der Waals surface area contributed by atoms with Gasteiger partial charge < -0.3 is 14.5 Å². The summed E-state index contributed by atoms with van der Waals surface area (Å²) >= 11 is 0. The molecule has 1 heterocycles. The molecule has 0 aliphatic carbocycles. The van der Waals surface area contributed by atoms with E-state index in [1.807, 2.05) is 13.0 Å². The minimum Gasteiger partial charge on any atom is -0.494 e. The number of sulfonamides is 1. The number of anilines is 1. The van der Waals surface area contributed by atoms with Crippen LogP contribution in [-0.2, 0) is 16.4 Å². The van der Waals surface area contributed by atoms with E-state index >= 15 is 0 Å². The van der Waals surface area contributed by atoms with E-state index in [0.717, 1.165) is 5.76 Å². The number of hydrogen-bond acceptors (Lipinski definition) is 5. The number of nitrogens with one attached hydrogen (secondary N) is 2. The normalized spacial score (nSPS) is 11.1. The van der Waals surface area contributed by atoms with Gasteiger partial charge in [0.1, 0.15) is 11.5 Å². The maximum Gasteiger partial charge on any atom is 0.261 e. The predicted octanol–water partition coefficient (Wildman–Crippen LogP) is 3.45. The summed E-state index contributed by atoms with van der Waals surface area (Å²) < 4.78 is 38.4. The van der Waals surface area contributed by atoms with Crippen molar-refractivity contribution in [2.75, 3.05) is 17.9 Å². The smallest absolute Gasteiger partial charge is 0.261 e. The van der Waals surface area contributed by atoms with Crippen molar-refractivity contribution >= 4 is 21.6 Å². The molecule has 0 fully saturated rings. The standard InChI is InChI=1S/C21H22N2O5S/c1-2-27-19-10-8-17(9-11-19)23-29(25,26)20-7-3-5-16(15-20)21(24)22-13-12-18-6-4-14-28-18/h3-11,14-15,23H,2,12-13H2,1H3,(H,22,24). The molecule has 0 radical (unpaired) electrons. The third kappa shape index (κ3) is 5.61. The summed E-state index contributed by atoms with van der Waals surface area (Å²) in [4.78, 5) is 12.3. The Morgan fingerprint density at radius 3 is 2.55 bits per heavy atom.